The van der Waals surface area contributed by atoms with Gasteiger partial charge in [0.1, 0.15) is 10.8 Å². The summed E-state index contributed by atoms with van der Waals surface area (Å²) in [6.07, 6.45) is 4.19. The Morgan fingerprint density at radius 2 is 1.81 bits per heavy atom. The molecule has 2 heterocycles. The quantitative estimate of drug-likeness (QED) is 0.597. The third-order valence-corrected chi connectivity index (χ3v) is 7.01. The van der Waals surface area contributed by atoms with Crippen molar-refractivity contribution < 1.29 is 15.0 Å². The number of benzene rings is 1. The number of Topliss-reactive ketones (excluding diaryl/α,β-unsaturated/α-hetero) is 1. The lowest BCUT2D eigenvalue weighted by atomic mass is 9.83. The van der Waals surface area contributed by atoms with E-state index in [1.807, 2.05) is 29.6 Å². The number of hydrogen-bond donors (Lipinski definition) is 2. The highest BCUT2D eigenvalue weighted by Crippen LogP contribution is 2.34. The fraction of sp³-hybridized carbons (Fsp3) is 0.458. The van der Waals surface area contributed by atoms with Crippen LogP contribution in [0.4, 0.5) is 0 Å². The largest absolute Gasteiger partial charge is 0.511 e. The van der Waals surface area contributed by atoms with E-state index < -0.39 is 0 Å². The van der Waals surface area contributed by atoms with Crippen LogP contribution < -0.4 is 0 Å². The first-order valence-corrected chi connectivity index (χ1v) is 12.0. The first-order chi connectivity index (χ1) is 15.6. The lowest BCUT2D eigenvalue weighted by Gasteiger charge is -2.33. The number of aromatic nitrogens is 1. The normalized spacial score (nSPS) is 21.0. The van der Waals surface area contributed by atoms with E-state index >= 15 is 0 Å². The molecule has 7 nitrogen and oxygen atoms in total. The van der Waals surface area contributed by atoms with Crippen LogP contribution >= 0.6 is 11.3 Å². The maximum Gasteiger partial charge on any atom is 0.168 e. The van der Waals surface area contributed by atoms with E-state index in [4.69, 9.17) is 5.11 Å². The zero-order chi connectivity index (χ0) is 22.3. The SMILES string of the molecule is O=C1CC(c2ccc(-c3nccs3)cc2)CC(O)=C1C=NCCN1CCN(CCO)CC1. The summed E-state index contributed by atoms with van der Waals surface area (Å²) in [6, 6.07) is 8.11. The van der Waals surface area contributed by atoms with Crippen molar-refractivity contribution in [2.75, 3.05) is 52.4 Å². The second-order valence-electron chi connectivity index (χ2n) is 8.29. The van der Waals surface area contributed by atoms with Gasteiger partial charge in [0, 0.05) is 75.5 Å². The van der Waals surface area contributed by atoms with Crippen molar-refractivity contribution in [1.29, 1.82) is 0 Å². The van der Waals surface area contributed by atoms with Crippen molar-refractivity contribution in [3.05, 3.63) is 52.7 Å². The maximum absolute atomic E-state index is 12.7. The first kappa shape index (κ1) is 22.8. The summed E-state index contributed by atoms with van der Waals surface area (Å²) in [5, 5.41) is 22.5. The van der Waals surface area contributed by atoms with Crippen molar-refractivity contribution in [1.82, 2.24) is 14.8 Å². The third kappa shape index (κ3) is 5.69. The van der Waals surface area contributed by atoms with Gasteiger partial charge < -0.3 is 10.2 Å². The molecular formula is C24H30N4O3S. The molecule has 1 saturated heterocycles. The van der Waals surface area contributed by atoms with Gasteiger partial charge in [-0.05, 0) is 11.5 Å². The van der Waals surface area contributed by atoms with E-state index in [-0.39, 0.29) is 24.1 Å². The van der Waals surface area contributed by atoms with Gasteiger partial charge in [-0.15, -0.1) is 11.3 Å². The predicted octanol–water partition coefficient (Wildman–Crippen LogP) is 2.75. The summed E-state index contributed by atoms with van der Waals surface area (Å²) in [5.41, 5.74) is 2.48. The van der Waals surface area contributed by atoms with Crippen molar-refractivity contribution in [2.45, 2.75) is 18.8 Å². The standard InChI is InChI=1S/C24H30N4O3S/c29-13-12-28-10-8-27(9-11-28)7-5-25-17-21-22(30)15-20(16-23(21)31)18-1-3-19(4-2-18)24-26-6-14-32-24/h1-4,6,14,17,20,29-30H,5,7-13,15-16H2. The van der Waals surface area contributed by atoms with Crippen LogP contribution in [0.3, 0.4) is 0 Å². The van der Waals surface area contributed by atoms with Gasteiger partial charge in [-0.2, -0.15) is 0 Å². The number of thiazole rings is 1. The smallest absolute Gasteiger partial charge is 0.168 e. The molecule has 1 aromatic heterocycles. The zero-order valence-corrected chi connectivity index (χ0v) is 19.0. The highest BCUT2D eigenvalue weighted by molar-refractivity contribution is 7.13. The van der Waals surface area contributed by atoms with E-state index in [0.29, 0.717) is 25.0 Å². The molecule has 2 aliphatic rings. The molecule has 0 amide bonds. The fourth-order valence-corrected chi connectivity index (χ4v) is 4.93. The van der Waals surface area contributed by atoms with Crippen molar-refractivity contribution in [3.63, 3.8) is 0 Å². The molecule has 0 radical (unpaired) electrons. The minimum absolute atomic E-state index is 0.0137. The molecule has 2 aromatic rings. The minimum Gasteiger partial charge on any atom is -0.511 e. The van der Waals surface area contributed by atoms with Gasteiger partial charge in [0.25, 0.3) is 0 Å². The van der Waals surface area contributed by atoms with E-state index in [2.05, 4.69) is 19.8 Å². The molecule has 1 aliphatic carbocycles. The number of β-amino-alcohol motifs (C(OH)–C–C–N with tert-alkyl or cyclic N) is 1. The maximum atomic E-state index is 12.7. The Morgan fingerprint density at radius 3 is 2.44 bits per heavy atom. The minimum atomic E-state index is -0.0517. The number of nitrogens with zero attached hydrogens (tertiary/aromatic N) is 4. The Morgan fingerprint density at radius 1 is 1.09 bits per heavy atom. The summed E-state index contributed by atoms with van der Waals surface area (Å²) in [6.45, 7) is 6.22. The molecule has 8 heteroatoms. The molecule has 1 fully saturated rings. The highest BCUT2D eigenvalue weighted by atomic mass is 32.1. The second-order valence-corrected chi connectivity index (χ2v) is 9.18. The molecule has 0 saturated carbocycles. The molecule has 4 rings (SSSR count). The molecule has 1 aliphatic heterocycles. The van der Waals surface area contributed by atoms with Crippen LogP contribution in [0.5, 0.6) is 0 Å². The van der Waals surface area contributed by atoms with Gasteiger partial charge in [-0.25, -0.2) is 4.98 Å². The van der Waals surface area contributed by atoms with Crippen LogP contribution in [-0.2, 0) is 4.79 Å². The number of piperazine rings is 1. The van der Waals surface area contributed by atoms with Crippen molar-refractivity contribution >= 4 is 23.3 Å². The average Bonchev–Trinajstić information content (AvgIpc) is 3.34. The van der Waals surface area contributed by atoms with Crippen LogP contribution in [0.1, 0.15) is 24.3 Å². The molecule has 1 aromatic carbocycles. The van der Waals surface area contributed by atoms with Gasteiger partial charge in [0.15, 0.2) is 5.78 Å². The number of aliphatic imine (C=N–C) groups is 1. The highest BCUT2D eigenvalue weighted by Gasteiger charge is 2.27. The van der Waals surface area contributed by atoms with E-state index in [1.165, 1.54) is 0 Å². The number of rotatable bonds is 8. The Balaban J connectivity index is 1.29. The summed E-state index contributed by atoms with van der Waals surface area (Å²) < 4.78 is 0. The van der Waals surface area contributed by atoms with Gasteiger partial charge in [0.2, 0.25) is 0 Å². The molecule has 1 atom stereocenters. The van der Waals surface area contributed by atoms with Crippen molar-refractivity contribution in [2.24, 2.45) is 4.99 Å². The van der Waals surface area contributed by atoms with Crippen LogP contribution in [0.25, 0.3) is 10.6 Å². The predicted molar refractivity (Wildman–Crippen MR) is 128 cm³/mol. The van der Waals surface area contributed by atoms with E-state index in [1.54, 1.807) is 23.7 Å². The number of ketones is 1. The number of aliphatic hydroxyl groups is 2. The van der Waals surface area contributed by atoms with Gasteiger partial charge in [-0.1, -0.05) is 24.3 Å². The molecule has 1 unspecified atom stereocenters. The molecule has 170 valence electrons. The molecule has 2 N–H and O–H groups in total. The topological polar surface area (TPSA) is 89.3 Å². The summed E-state index contributed by atoms with van der Waals surface area (Å²) in [7, 11) is 0. The van der Waals surface area contributed by atoms with Gasteiger partial charge >= 0.3 is 0 Å². The number of carbonyl (C=O) groups excluding carboxylic acids is 1. The average molecular weight is 455 g/mol. The molecule has 32 heavy (non-hydrogen) atoms. The lowest BCUT2D eigenvalue weighted by molar-refractivity contribution is -0.116. The number of hydrogen-bond acceptors (Lipinski definition) is 8. The van der Waals surface area contributed by atoms with Gasteiger partial charge in [0.05, 0.1) is 18.7 Å². The first-order valence-electron chi connectivity index (χ1n) is 11.1. The lowest BCUT2D eigenvalue weighted by Crippen LogP contribution is -2.47. The van der Waals surface area contributed by atoms with Crippen LogP contribution in [0.15, 0.2) is 52.2 Å². The van der Waals surface area contributed by atoms with Gasteiger partial charge in [-0.3, -0.25) is 19.6 Å². The fourth-order valence-electron chi connectivity index (χ4n) is 4.29. The monoisotopic (exact) mass is 454 g/mol. The van der Waals surface area contributed by atoms with E-state index in [9.17, 15) is 9.90 Å². The Kier molecular flexibility index (Phi) is 7.81. The summed E-state index contributed by atoms with van der Waals surface area (Å²) in [4.78, 5) is 26.0. The zero-order valence-electron chi connectivity index (χ0n) is 18.2. The molecule has 0 bridgehead atoms. The number of aliphatic hydroxyl groups excluding tert-OH is 2. The van der Waals surface area contributed by atoms with Crippen LogP contribution in [0, 0.1) is 0 Å². The second kappa shape index (κ2) is 11.0. The van der Waals surface area contributed by atoms with E-state index in [0.717, 1.165) is 55.4 Å². The van der Waals surface area contributed by atoms with Crippen molar-refractivity contribution in [3.8, 4) is 10.6 Å². The molecular weight excluding hydrogens is 424 g/mol. The number of allylic oxidation sites excluding steroid dienone is 2. The Bertz CT molecular complexity index is 948. The van der Waals surface area contributed by atoms with Crippen LogP contribution in [0.2, 0.25) is 0 Å². The Labute approximate surface area is 192 Å². The Hall–Kier alpha value is -2.39. The summed E-state index contributed by atoms with van der Waals surface area (Å²) >= 11 is 1.60. The van der Waals surface area contributed by atoms with Crippen LogP contribution in [-0.4, -0.2) is 89.4 Å². The molecule has 0 spiro atoms. The number of carbonyl (C=O) groups is 1. The summed E-state index contributed by atoms with van der Waals surface area (Å²) in [5.74, 6) is 0.0703. The third-order valence-electron chi connectivity index (χ3n) is 6.19.